The van der Waals surface area contributed by atoms with Gasteiger partial charge in [-0.2, -0.15) is 0 Å². The van der Waals surface area contributed by atoms with Crippen molar-refractivity contribution in [3.05, 3.63) is 108 Å². The first-order valence-electron chi connectivity index (χ1n) is 12.6. The standard InChI is InChI=1S/C30H37N3O/c34-30(31-24-28-13-6-2-7-14-28)33(25-29-15-8-3-9-16-29)20-10-19-32-21-17-27(18-22-32)23-26-11-4-1-5-12-26/h1-9,11-16,27H,10,17-25H2,(H,31,34). The van der Waals surface area contributed by atoms with Crippen molar-refractivity contribution in [1.29, 1.82) is 0 Å². The van der Waals surface area contributed by atoms with E-state index in [-0.39, 0.29) is 6.03 Å². The second-order valence-corrected chi connectivity index (χ2v) is 9.38. The largest absolute Gasteiger partial charge is 0.334 e. The molecule has 2 amide bonds. The Bertz CT molecular complexity index is 970. The topological polar surface area (TPSA) is 35.6 Å². The fraction of sp³-hybridized carbons (Fsp3) is 0.367. The summed E-state index contributed by atoms with van der Waals surface area (Å²) in [4.78, 5) is 17.6. The van der Waals surface area contributed by atoms with Gasteiger partial charge in [-0.25, -0.2) is 4.79 Å². The molecular weight excluding hydrogens is 418 g/mol. The number of nitrogens with zero attached hydrogens (tertiary/aromatic N) is 2. The molecule has 0 atom stereocenters. The lowest BCUT2D eigenvalue weighted by Crippen LogP contribution is -2.41. The van der Waals surface area contributed by atoms with Crippen LogP contribution in [-0.4, -0.2) is 42.0 Å². The predicted octanol–water partition coefficient (Wildman–Crippen LogP) is 5.74. The summed E-state index contributed by atoms with van der Waals surface area (Å²) in [7, 11) is 0. The third-order valence-corrected chi connectivity index (χ3v) is 6.77. The van der Waals surface area contributed by atoms with Crippen LogP contribution in [0, 0.1) is 5.92 Å². The van der Waals surface area contributed by atoms with E-state index in [2.05, 4.69) is 52.7 Å². The highest BCUT2D eigenvalue weighted by Crippen LogP contribution is 2.21. The molecule has 0 aromatic heterocycles. The number of carbonyl (C=O) groups is 1. The average Bonchev–Trinajstić information content (AvgIpc) is 2.89. The Morgan fingerprint density at radius 1 is 0.794 bits per heavy atom. The molecule has 3 aromatic rings. The van der Waals surface area contributed by atoms with Gasteiger partial charge in [0, 0.05) is 19.6 Å². The molecule has 0 unspecified atom stereocenters. The molecular formula is C30H37N3O. The maximum Gasteiger partial charge on any atom is 0.317 e. The van der Waals surface area contributed by atoms with Crippen LogP contribution in [0.15, 0.2) is 91.0 Å². The molecule has 0 saturated carbocycles. The Balaban J connectivity index is 1.23. The summed E-state index contributed by atoms with van der Waals surface area (Å²) in [5, 5.41) is 3.11. The van der Waals surface area contributed by atoms with Gasteiger partial charge in [0.15, 0.2) is 0 Å². The molecule has 0 bridgehead atoms. The fourth-order valence-electron chi connectivity index (χ4n) is 4.79. The normalized spacial score (nSPS) is 14.6. The van der Waals surface area contributed by atoms with E-state index in [1.54, 1.807) is 0 Å². The zero-order chi connectivity index (χ0) is 23.4. The smallest absolute Gasteiger partial charge is 0.317 e. The first kappa shape index (κ1) is 24.0. The molecule has 4 nitrogen and oxygen atoms in total. The average molecular weight is 456 g/mol. The van der Waals surface area contributed by atoms with Crippen LogP contribution in [0.1, 0.15) is 36.0 Å². The Labute approximate surface area is 204 Å². The first-order chi connectivity index (χ1) is 16.8. The highest BCUT2D eigenvalue weighted by Gasteiger charge is 2.20. The summed E-state index contributed by atoms with van der Waals surface area (Å²) < 4.78 is 0. The van der Waals surface area contributed by atoms with Crippen molar-refractivity contribution in [2.24, 2.45) is 5.92 Å². The lowest BCUT2D eigenvalue weighted by Gasteiger charge is -2.32. The number of hydrogen-bond donors (Lipinski definition) is 1. The van der Waals surface area contributed by atoms with Gasteiger partial charge < -0.3 is 15.1 Å². The number of likely N-dealkylation sites (tertiary alicyclic amines) is 1. The van der Waals surface area contributed by atoms with Crippen molar-refractivity contribution < 1.29 is 4.79 Å². The Morgan fingerprint density at radius 2 is 1.35 bits per heavy atom. The molecule has 178 valence electrons. The van der Waals surface area contributed by atoms with Gasteiger partial charge in [0.25, 0.3) is 0 Å². The fourth-order valence-corrected chi connectivity index (χ4v) is 4.79. The molecule has 0 aliphatic carbocycles. The molecule has 1 saturated heterocycles. The van der Waals surface area contributed by atoms with Gasteiger partial charge in [-0.05, 0) is 67.9 Å². The molecule has 4 rings (SSSR count). The maximum absolute atomic E-state index is 13.0. The van der Waals surface area contributed by atoms with Crippen LogP contribution in [-0.2, 0) is 19.5 Å². The third kappa shape index (κ3) is 7.74. The molecule has 3 aromatic carbocycles. The number of carbonyl (C=O) groups excluding carboxylic acids is 1. The Morgan fingerprint density at radius 3 is 1.97 bits per heavy atom. The van der Waals surface area contributed by atoms with E-state index in [1.165, 1.54) is 30.4 Å². The highest BCUT2D eigenvalue weighted by molar-refractivity contribution is 5.74. The summed E-state index contributed by atoms with van der Waals surface area (Å²) in [6.45, 7) is 5.34. The number of nitrogens with one attached hydrogen (secondary N) is 1. The van der Waals surface area contributed by atoms with Gasteiger partial charge >= 0.3 is 6.03 Å². The lowest BCUT2D eigenvalue weighted by atomic mass is 9.90. The quantitative estimate of drug-likeness (QED) is 0.423. The van der Waals surface area contributed by atoms with Crippen molar-refractivity contribution in [2.45, 2.75) is 38.8 Å². The summed E-state index contributed by atoms with van der Waals surface area (Å²) in [6, 6.07) is 31.3. The van der Waals surface area contributed by atoms with Crippen molar-refractivity contribution in [2.75, 3.05) is 26.2 Å². The molecule has 1 fully saturated rings. The summed E-state index contributed by atoms with van der Waals surface area (Å²) >= 11 is 0. The molecule has 34 heavy (non-hydrogen) atoms. The minimum atomic E-state index is 0.00859. The number of rotatable bonds is 10. The van der Waals surface area contributed by atoms with Crippen molar-refractivity contribution in [3.8, 4) is 0 Å². The van der Waals surface area contributed by atoms with Crippen LogP contribution in [0.25, 0.3) is 0 Å². The van der Waals surface area contributed by atoms with Gasteiger partial charge in [0.05, 0.1) is 0 Å². The molecule has 1 aliphatic heterocycles. The number of hydrogen-bond acceptors (Lipinski definition) is 2. The van der Waals surface area contributed by atoms with Crippen LogP contribution in [0.2, 0.25) is 0 Å². The Hall–Kier alpha value is -3.11. The zero-order valence-corrected chi connectivity index (χ0v) is 20.1. The van der Waals surface area contributed by atoms with Gasteiger partial charge in [-0.3, -0.25) is 0 Å². The van der Waals surface area contributed by atoms with Crippen LogP contribution in [0.5, 0.6) is 0 Å². The highest BCUT2D eigenvalue weighted by atomic mass is 16.2. The van der Waals surface area contributed by atoms with Crippen LogP contribution < -0.4 is 5.32 Å². The van der Waals surface area contributed by atoms with Crippen molar-refractivity contribution in [3.63, 3.8) is 0 Å². The monoisotopic (exact) mass is 455 g/mol. The van der Waals surface area contributed by atoms with Crippen LogP contribution >= 0.6 is 0 Å². The second kappa shape index (κ2) is 13.0. The number of benzene rings is 3. The maximum atomic E-state index is 13.0. The third-order valence-electron chi connectivity index (χ3n) is 6.77. The minimum Gasteiger partial charge on any atom is -0.334 e. The van der Waals surface area contributed by atoms with E-state index in [0.717, 1.165) is 44.1 Å². The van der Waals surface area contributed by atoms with Gasteiger partial charge in [-0.1, -0.05) is 91.0 Å². The van der Waals surface area contributed by atoms with Gasteiger partial charge in [0.2, 0.25) is 0 Å². The molecule has 1 N–H and O–H groups in total. The van der Waals surface area contributed by atoms with Gasteiger partial charge in [0.1, 0.15) is 0 Å². The number of amides is 2. The Kier molecular flexibility index (Phi) is 9.15. The minimum absolute atomic E-state index is 0.00859. The van der Waals surface area contributed by atoms with E-state index in [9.17, 15) is 4.79 Å². The summed E-state index contributed by atoms with van der Waals surface area (Å²) in [5.41, 5.74) is 3.74. The van der Waals surface area contributed by atoms with E-state index in [1.807, 2.05) is 53.4 Å². The van der Waals surface area contributed by atoms with Crippen molar-refractivity contribution >= 4 is 6.03 Å². The van der Waals surface area contributed by atoms with E-state index >= 15 is 0 Å². The zero-order valence-electron chi connectivity index (χ0n) is 20.1. The predicted molar refractivity (Wildman–Crippen MR) is 139 cm³/mol. The number of urea groups is 1. The molecule has 1 aliphatic rings. The van der Waals surface area contributed by atoms with Crippen molar-refractivity contribution in [1.82, 2.24) is 15.1 Å². The molecule has 4 heteroatoms. The van der Waals surface area contributed by atoms with E-state index in [0.29, 0.717) is 13.1 Å². The SMILES string of the molecule is O=C(NCc1ccccc1)N(CCCN1CCC(Cc2ccccc2)CC1)Cc1ccccc1. The van der Waals surface area contributed by atoms with E-state index in [4.69, 9.17) is 0 Å². The molecule has 0 spiro atoms. The molecule has 1 heterocycles. The lowest BCUT2D eigenvalue weighted by molar-refractivity contribution is 0.166. The summed E-state index contributed by atoms with van der Waals surface area (Å²) in [6.07, 6.45) is 4.72. The second-order valence-electron chi connectivity index (χ2n) is 9.38. The van der Waals surface area contributed by atoms with Crippen LogP contribution in [0.3, 0.4) is 0 Å². The first-order valence-corrected chi connectivity index (χ1v) is 12.6. The van der Waals surface area contributed by atoms with Gasteiger partial charge in [-0.15, -0.1) is 0 Å². The molecule has 0 radical (unpaired) electrons. The van der Waals surface area contributed by atoms with Crippen LogP contribution in [0.4, 0.5) is 4.79 Å². The number of piperidine rings is 1. The summed E-state index contributed by atoms with van der Waals surface area (Å²) in [5.74, 6) is 0.789. The van der Waals surface area contributed by atoms with E-state index < -0.39 is 0 Å².